The van der Waals surface area contributed by atoms with Gasteiger partial charge in [0, 0.05) is 11.8 Å². The molecule has 0 saturated heterocycles. The highest BCUT2D eigenvalue weighted by molar-refractivity contribution is 7.79. The van der Waals surface area contributed by atoms with E-state index in [1.165, 1.54) is 6.07 Å². The van der Waals surface area contributed by atoms with E-state index in [1.54, 1.807) is 12.3 Å². The van der Waals surface area contributed by atoms with Gasteiger partial charge in [-0.1, -0.05) is 12.1 Å². The van der Waals surface area contributed by atoms with Gasteiger partial charge >= 0.3 is 0 Å². The van der Waals surface area contributed by atoms with Crippen molar-refractivity contribution in [3.63, 3.8) is 0 Å². The molecule has 106 valence electrons. The van der Waals surface area contributed by atoms with E-state index < -0.39 is 11.1 Å². The van der Waals surface area contributed by atoms with Crippen LogP contribution >= 0.6 is 0 Å². The zero-order valence-corrected chi connectivity index (χ0v) is 11.7. The van der Waals surface area contributed by atoms with Gasteiger partial charge in [-0.3, -0.25) is 0 Å². The van der Waals surface area contributed by atoms with E-state index in [4.69, 9.17) is 15.0 Å². The molecule has 1 heterocycles. The van der Waals surface area contributed by atoms with Crippen LogP contribution in [-0.2, 0) is 11.1 Å². The molecular weight excluding hydrogens is 276 g/mol. The maximum absolute atomic E-state index is 10.8. The van der Waals surface area contributed by atoms with Gasteiger partial charge in [0.2, 0.25) is 11.1 Å². The lowest BCUT2D eigenvalue weighted by Gasteiger charge is -2.06. The van der Waals surface area contributed by atoms with E-state index in [9.17, 15) is 4.21 Å². The molecule has 0 aliphatic rings. The summed E-state index contributed by atoms with van der Waals surface area (Å²) in [5.41, 5.74) is 7.25. The zero-order chi connectivity index (χ0) is 14.4. The van der Waals surface area contributed by atoms with Gasteiger partial charge in [0.1, 0.15) is 5.75 Å². The molecule has 1 aromatic carbocycles. The number of benzene rings is 1. The van der Waals surface area contributed by atoms with Crippen LogP contribution in [0.5, 0.6) is 5.75 Å². The molecule has 0 fully saturated rings. The molecule has 3 N–H and O–H groups in total. The molecule has 0 radical (unpaired) electrons. The van der Waals surface area contributed by atoms with Crippen LogP contribution in [0, 0.1) is 0 Å². The highest BCUT2D eigenvalue weighted by atomic mass is 32.2. The predicted molar refractivity (Wildman–Crippen MR) is 77.9 cm³/mol. The van der Waals surface area contributed by atoms with Gasteiger partial charge in [-0.05, 0) is 42.8 Å². The summed E-state index contributed by atoms with van der Waals surface area (Å²) in [6.45, 7) is 1.22. The molecule has 0 bridgehead atoms. The van der Waals surface area contributed by atoms with Crippen molar-refractivity contribution in [2.24, 2.45) is 5.73 Å². The first-order valence-corrected chi connectivity index (χ1v) is 7.31. The highest BCUT2D eigenvalue weighted by Crippen LogP contribution is 2.22. The molecule has 6 heteroatoms. The molecule has 1 aromatic heterocycles. The van der Waals surface area contributed by atoms with Crippen LogP contribution in [-0.4, -0.2) is 26.9 Å². The van der Waals surface area contributed by atoms with Crippen LogP contribution in [0.4, 0.5) is 0 Å². The number of rotatable bonds is 6. The zero-order valence-electron chi connectivity index (χ0n) is 10.9. The Morgan fingerprint density at radius 1 is 1.15 bits per heavy atom. The first-order valence-electron chi connectivity index (χ1n) is 6.21. The summed E-state index contributed by atoms with van der Waals surface area (Å²) in [4.78, 5) is 3.94. The van der Waals surface area contributed by atoms with E-state index in [2.05, 4.69) is 4.98 Å². The summed E-state index contributed by atoms with van der Waals surface area (Å²) in [5, 5.41) is 0.149. The van der Waals surface area contributed by atoms with Gasteiger partial charge in [-0.2, -0.15) is 0 Å². The van der Waals surface area contributed by atoms with Gasteiger partial charge in [0.05, 0.1) is 6.61 Å². The number of hydrogen-bond donors (Lipinski definition) is 2. The van der Waals surface area contributed by atoms with Gasteiger partial charge in [-0.15, -0.1) is 0 Å². The van der Waals surface area contributed by atoms with Gasteiger partial charge in [0.25, 0.3) is 0 Å². The van der Waals surface area contributed by atoms with Crippen molar-refractivity contribution >= 4 is 11.1 Å². The standard InChI is InChI=1S/C14H16N2O3S/c15-8-1-9-19-13-5-2-11(3-6-13)12-4-7-14(16-10-12)20(17)18/h2-7,10H,1,8-9,15H2,(H,17,18). The molecule has 0 aliphatic carbocycles. The Bertz CT molecular complexity index is 570. The second-order valence-corrected chi connectivity index (χ2v) is 5.07. The number of nitrogens with zero attached hydrogens (tertiary/aromatic N) is 1. The van der Waals surface area contributed by atoms with Crippen LogP contribution < -0.4 is 10.5 Å². The third-order valence-electron chi connectivity index (χ3n) is 2.72. The van der Waals surface area contributed by atoms with Crippen LogP contribution in [0.1, 0.15) is 6.42 Å². The van der Waals surface area contributed by atoms with Crippen molar-refractivity contribution in [2.75, 3.05) is 13.2 Å². The topological polar surface area (TPSA) is 85.4 Å². The normalized spacial score (nSPS) is 12.1. The van der Waals surface area contributed by atoms with Crippen LogP contribution in [0.2, 0.25) is 0 Å². The Balaban J connectivity index is 2.07. The quantitative estimate of drug-likeness (QED) is 0.628. The molecule has 1 atom stereocenters. The fourth-order valence-electron chi connectivity index (χ4n) is 1.67. The smallest absolute Gasteiger partial charge is 0.205 e. The summed E-state index contributed by atoms with van der Waals surface area (Å²) >= 11 is -2.04. The third-order valence-corrected chi connectivity index (χ3v) is 3.32. The monoisotopic (exact) mass is 292 g/mol. The van der Waals surface area contributed by atoms with Crippen molar-refractivity contribution in [3.8, 4) is 16.9 Å². The second kappa shape index (κ2) is 7.14. The summed E-state index contributed by atoms with van der Waals surface area (Å²) in [6, 6.07) is 10.9. The van der Waals surface area contributed by atoms with Gasteiger partial charge < -0.3 is 15.0 Å². The van der Waals surface area contributed by atoms with Crippen LogP contribution in [0.25, 0.3) is 11.1 Å². The molecule has 1 unspecified atom stereocenters. The molecule has 2 rings (SSSR count). The van der Waals surface area contributed by atoms with Crippen molar-refractivity contribution in [1.82, 2.24) is 4.98 Å². The molecule has 0 spiro atoms. The molecule has 0 aliphatic heterocycles. The number of ether oxygens (including phenoxy) is 1. The van der Waals surface area contributed by atoms with Crippen molar-refractivity contribution < 1.29 is 13.5 Å². The first-order chi connectivity index (χ1) is 9.70. The van der Waals surface area contributed by atoms with E-state index in [-0.39, 0.29) is 5.03 Å². The molecule has 2 aromatic rings. The Morgan fingerprint density at radius 2 is 1.85 bits per heavy atom. The molecule has 0 saturated carbocycles. The van der Waals surface area contributed by atoms with E-state index >= 15 is 0 Å². The maximum atomic E-state index is 10.8. The summed E-state index contributed by atoms with van der Waals surface area (Å²) in [7, 11) is 0. The minimum atomic E-state index is -2.04. The molecular formula is C14H16N2O3S. The first kappa shape index (κ1) is 14.6. The van der Waals surface area contributed by atoms with Crippen molar-refractivity contribution in [1.29, 1.82) is 0 Å². The molecule has 0 amide bonds. The number of aromatic nitrogens is 1. The lowest BCUT2D eigenvalue weighted by atomic mass is 10.1. The lowest BCUT2D eigenvalue weighted by molar-refractivity contribution is 0.313. The lowest BCUT2D eigenvalue weighted by Crippen LogP contribution is -2.05. The predicted octanol–water partition coefficient (Wildman–Crippen LogP) is 2.06. The fraction of sp³-hybridized carbons (Fsp3) is 0.214. The van der Waals surface area contributed by atoms with Gasteiger partial charge in [-0.25, -0.2) is 9.19 Å². The van der Waals surface area contributed by atoms with Gasteiger partial charge in [0.15, 0.2) is 5.03 Å². The Labute approximate surface area is 120 Å². The molecule has 20 heavy (non-hydrogen) atoms. The minimum Gasteiger partial charge on any atom is -0.494 e. The third kappa shape index (κ3) is 3.86. The van der Waals surface area contributed by atoms with E-state index in [1.807, 2.05) is 24.3 Å². The Hall–Kier alpha value is -1.76. The Kier molecular flexibility index (Phi) is 5.23. The largest absolute Gasteiger partial charge is 0.494 e. The second-order valence-electron chi connectivity index (χ2n) is 4.15. The number of pyridine rings is 1. The average Bonchev–Trinajstić information content (AvgIpc) is 2.48. The van der Waals surface area contributed by atoms with Crippen molar-refractivity contribution in [3.05, 3.63) is 42.6 Å². The van der Waals surface area contributed by atoms with E-state index in [0.717, 1.165) is 23.3 Å². The number of hydrogen-bond acceptors (Lipinski definition) is 4. The Morgan fingerprint density at radius 3 is 2.40 bits per heavy atom. The highest BCUT2D eigenvalue weighted by Gasteiger charge is 2.03. The fourth-order valence-corrected chi connectivity index (χ4v) is 2.00. The average molecular weight is 292 g/mol. The molecule has 5 nitrogen and oxygen atoms in total. The summed E-state index contributed by atoms with van der Waals surface area (Å²) < 4.78 is 25.3. The maximum Gasteiger partial charge on any atom is 0.205 e. The van der Waals surface area contributed by atoms with Crippen LogP contribution in [0.3, 0.4) is 0 Å². The van der Waals surface area contributed by atoms with E-state index in [0.29, 0.717) is 13.2 Å². The van der Waals surface area contributed by atoms with Crippen LogP contribution in [0.15, 0.2) is 47.6 Å². The SMILES string of the molecule is NCCCOc1ccc(-c2ccc(S(=O)O)nc2)cc1. The number of nitrogens with two attached hydrogens (primary N) is 1. The minimum absolute atomic E-state index is 0.149. The van der Waals surface area contributed by atoms with Crippen molar-refractivity contribution in [2.45, 2.75) is 11.4 Å². The summed E-state index contributed by atoms with van der Waals surface area (Å²) in [5.74, 6) is 0.795. The summed E-state index contributed by atoms with van der Waals surface area (Å²) in [6.07, 6.45) is 2.40.